The zero-order chi connectivity index (χ0) is 17.2. The molecule has 1 N–H and O–H groups in total. The molecule has 1 saturated carbocycles. The molecular formula is C18H20ClNO3S. The van der Waals surface area contributed by atoms with Crippen molar-refractivity contribution >= 4 is 28.8 Å². The number of rotatable bonds is 7. The Labute approximate surface area is 150 Å². The van der Waals surface area contributed by atoms with Gasteiger partial charge in [-0.05, 0) is 31.0 Å². The van der Waals surface area contributed by atoms with Crippen LogP contribution in [0, 0.1) is 0 Å². The number of hydrogen-bond donors (Lipinski definition) is 1. The third-order valence-corrected chi connectivity index (χ3v) is 5.77. The van der Waals surface area contributed by atoms with Crippen molar-refractivity contribution in [2.45, 2.75) is 24.4 Å². The zero-order valence-electron chi connectivity index (χ0n) is 13.7. The first-order valence-corrected chi connectivity index (χ1v) is 9.00. The van der Waals surface area contributed by atoms with Crippen molar-refractivity contribution in [2.75, 3.05) is 20.8 Å². The molecular weight excluding hydrogens is 346 g/mol. The zero-order valence-corrected chi connectivity index (χ0v) is 15.2. The van der Waals surface area contributed by atoms with Gasteiger partial charge in [0, 0.05) is 24.1 Å². The SMILES string of the molecule is COc1ccccc1C1(C(=O)NCC(OC)c2ccc(Cl)s2)CC1. The molecule has 1 aromatic heterocycles. The Morgan fingerprint density at radius 3 is 2.62 bits per heavy atom. The Morgan fingerprint density at radius 1 is 1.29 bits per heavy atom. The number of carbonyl (C=O) groups excluding carboxylic acids is 1. The Hall–Kier alpha value is -1.56. The first kappa shape index (κ1) is 17.3. The van der Waals surface area contributed by atoms with Crippen LogP contribution in [0.5, 0.6) is 5.75 Å². The number of ether oxygens (including phenoxy) is 2. The molecule has 1 aliphatic carbocycles. The van der Waals surface area contributed by atoms with Gasteiger partial charge in [0.25, 0.3) is 0 Å². The van der Waals surface area contributed by atoms with Crippen molar-refractivity contribution in [3.63, 3.8) is 0 Å². The number of para-hydroxylation sites is 1. The van der Waals surface area contributed by atoms with E-state index in [1.54, 1.807) is 14.2 Å². The van der Waals surface area contributed by atoms with E-state index in [4.69, 9.17) is 21.1 Å². The van der Waals surface area contributed by atoms with E-state index in [-0.39, 0.29) is 12.0 Å². The summed E-state index contributed by atoms with van der Waals surface area (Å²) in [5.74, 6) is 0.787. The molecule has 3 rings (SSSR count). The van der Waals surface area contributed by atoms with Crippen molar-refractivity contribution in [3.8, 4) is 5.75 Å². The highest BCUT2D eigenvalue weighted by molar-refractivity contribution is 7.16. The lowest BCUT2D eigenvalue weighted by molar-refractivity contribution is -0.124. The minimum absolute atomic E-state index is 0.0247. The minimum atomic E-state index is -0.474. The molecule has 0 bridgehead atoms. The van der Waals surface area contributed by atoms with Crippen molar-refractivity contribution in [1.82, 2.24) is 5.32 Å². The molecule has 128 valence electrons. The van der Waals surface area contributed by atoms with Crippen molar-refractivity contribution < 1.29 is 14.3 Å². The number of carbonyl (C=O) groups is 1. The summed E-state index contributed by atoms with van der Waals surface area (Å²) >= 11 is 7.45. The van der Waals surface area contributed by atoms with Crippen LogP contribution in [-0.2, 0) is 14.9 Å². The summed E-state index contributed by atoms with van der Waals surface area (Å²) in [5, 5.41) is 3.04. The van der Waals surface area contributed by atoms with Gasteiger partial charge >= 0.3 is 0 Å². The summed E-state index contributed by atoms with van der Waals surface area (Å²) in [5.41, 5.74) is 0.482. The molecule has 0 radical (unpaired) electrons. The third-order valence-electron chi connectivity index (χ3n) is 4.45. The summed E-state index contributed by atoms with van der Waals surface area (Å²) in [6.07, 6.45) is 1.48. The van der Waals surface area contributed by atoms with Crippen LogP contribution in [0.4, 0.5) is 0 Å². The van der Waals surface area contributed by atoms with Gasteiger partial charge in [-0.1, -0.05) is 29.8 Å². The van der Waals surface area contributed by atoms with Crippen LogP contribution in [0.15, 0.2) is 36.4 Å². The summed E-state index contributed by atoms with van der Waals surface area (Å²) < 4.78 is 11.6. The number of thiophene rings is 1. The number of amides is 1. The molecule has 4 nitrogen and oxygen atoms in total. The highest BCUT2D eigenvalue weighted by Crippen LogP contribution is 2.51. The average molecular weight is 366 g/mol. The summed E-state index contributed by atoms with van der Waals surface area (Å²) in [7, 11) is 3.27. The van der Waals surface area contributed by atoms with E-state index in [0.717, 1.165) is 29.0 Å². The lowest BCUT2D eigenvalue weighted by Gasteiger charge is -2.20. The molecule has 1 amide bonds. The van der Waals surface area contributed by atoms with Crippen molar-refractivity contribution in [2.24, 2.45) is 0 Å². The molecule has 1 atom stereocenters. The van der Waals surface area contributed by atoms with E-state index >= 15 is 0 Å². The van der Waals surface area contributed by atoms with Gasteiger partial charge in [0.15, 0.2) is 0 Å². The van der Waals surface area contributed by atoms with E-state index in [1.807, 2.05) is 36.4 Å². The fraction of sp³-hybridized carbons (Fsp3) is 0.389. The van der Waals surface area contributed by atoms with E-state index in [2.05, 4.69) is 5.32 Å². The lowest BCUT2D eigenvalue weighted by atomic mass is 9.94. The van der Waals surface area contributed by atoms with Gasteiger partial charge in [0.1, 0.15) is 11.9 Å². The average Bonchev–Trinajstić information content (AvgIpc) is 3.31. The summed E-state index contributed by atoms with van der Waals surface area (Å²) in [4.78, 5) is 13.8. The Balaban J connectivity index is 1.70. The fourth-order valence-corrected chi connectivity index (χ4v) is 4.08. The quantitative estimate of drug-likeness (QED) is 0.808. The van der Waals surface area contributed by atoms with E-state index in [9.17, 15) is 4.79 Å². The predicted octanol–water partition coefficient (Wildman–Crippen LogP) is 3.95. The van der Waals surface area contributed by atoms with Gasteiger partial charge in [0.05, 0.1) is 16.9 Å². The molecule has 2 aromatic rings. The number of nitrogens with one attached hydrogen (secondary N) is 1. The van der Waals surface area contributed by atoms with Gasteiger partial charge in [-0.15, -0.1) is 11.3 Å². The van der Waals surface area contributed by atoms with Gasteiger partial charge in [-0.3, -0.25) is 4.79 Å². The van der Waals surface area contributed by atoms with Crippen LogP contribution in [0.25, 0.3) is 0 Å². The topological polar surface area (TPSA) is 47.6 Å². The first-order chi connectivity index (χ1) is 11.6. The monoisotopic (exact) mass is 365 g/mol. The van der Waals surface area contributed by atoms with Crippen molar-refractivity contribution in [1.29, 1.82) is 0 Å². The van der Waals surface area contributed by atoms with Crippen LogP contribution in [0.1, 0.15) is 29.4 Å². The fourth-order valence-electron chi connectivity index (χ4n) is 2.94. The number of halogens is 1. The Morgan fingerprint density at radius 2 is 2.04 bits per heavy atom. The van der Waals surface area contributed by atoms with E-state index in [0.29, 0.717) is 10.9 Å². The highest BCUT2D eigenvalue weighted by atomic mass is 35.5. The van der Waals surface area contributed by atoms with Gasteiger partial charge in [-0.25, -0.2) is 0 Å². The van der Waals surface area contributed by atoms with Crippen LogP contribution in [-0.4, -0.2) is 26.7 Å². The van der Waals surface area contributed by atoms with Crippen LogP contribution in [0.3, 0.4) is 0 Å². The molecule has 6 heteroatoms. The highest BCUT2D eigenvalue weighted by Gasteiger charge is 2.52. The molecule has 1 fully saturated rings. The second-order valence-corrected chi connectivity index (χ2v) is 7.61. The Bertz CT molecular complexity index is 727. The standard InChI is InChI=1S/C18H20ClNO3S/c1-22-13-6-4-3-5-12(13)18(9-10-18)17(21)20-11-14(23-2)15-7-8-16(19)24-15/h3-8,14H,9-11H2,1-2H3,(H,20,21). The largest absolute Gasteiger partial charge is 0.496 e. The molecule has 0 saturated heterocycles. The third kappa shape index (κ3) is 3.29. The number of benzene rings is 1. The molecule has 1 aromatic carbocycles. The normalized spacial score (nSPS) is 16.5. The van der Waals surface area contributed by atoms with Crippen LogP contribution >= 0.6 is 22.9 Å². The molecule has 1 aliphatic rings. The minimum Gasteiger partial charge on any atom is -0.496 e. The smallest absolute Gasteiger partial charge is 0.230 e. The van der Waals surface area contributed by atoms with Crippen LogP contribution < -0.4 is 10.1 Å². The molecule has 0 spiro atoms. The number of methoxy groups -OCH3 is 2. The maximum atomic E-state index is 12.8. The van der Waals surface area contributed by atoms with E-state index in [1.165, 1.54) is 11.3 Å². The predicted molar refractivity (Wildman–Crippen MR) is 96.0 cm³/mol. The van der Waals surface area contributed by atoms with Crippen LogP contribution in [0.2, 0.25) is 4.34 Å². The molecule has 1 unspecified atom stereocenters. The molecule has 0 aliphatic heterocycles. The maximum absolute atomic E-state index is 12.8. The maximum Gasteiger partial charge on any atom is 0.230 e. The number of hydrogen-bond acceptors (Lipinski definition) is 4. The van der Waals surface area contributed by atoms with Gasteiger partial charge in [-0.2, -0.15) is 0 Å². The summed E-state index contributed by atoms with van der Waals surface area (Å²) in [6, 6.07) is 11.5. The van der Waals surface area contributed by atoms with Gasteiger partial charge < -0.3 is 14.8 Å². The second kappa shape index (κ2) is 7.13. The molecule has 1 heterocycles. The van der Waals surface area contributed by atoms with Gasteiger partial charge in [0.2, 0.25) is 5.91 Å². The first-order valence-electron chi connectivity index (χ1n) is 7.80. The second-order valence-electron chi connectivity index (χ2n) is 5.86. The molecule has 24 heavy (non-hydrogen) atoms. The summed E-state index contributed by atoms with van der Waals surface area (Å²) in [6.45, 7) is 0.420. The lowest BCUT2D eigenvalue weighted by Crippen LogP contribution is -2.37. The van der Waals surface area contributed by atoms with E-state index < -0.39 is 5.41 Å². The Kier molecular flexibility index (Phi) is 5.13. The van der Waals surface area contributed by atoms with Crippen molar-refractivity contribution in [3.05, 3.63) is 51.2 Å².